The van der Waals surface area contributed by atoms with Crippen LogP contribution in [-0.4, -0.2) is 49.1 Å². The van der Waals surface area contributed by atoms with E-state index in [0.717, 1.165) is 50.6 Å². The van der Waals surface area contributed by atoms with Crippen LogP contribution in [0.5, 0.6) is 5.75 Å². The molecule has 1 aliphatic rings. The number of hydrogen-bond donors (Lipinski definition) is 2. The van der Waals surface area contributed by atoms with Gasteiger partial charge in [-0.15, -0.1) is 0 Å². The zero-order valence-corrected chi connectivity index (χ0v) is 16.7. The normalized spacial score (nSPS) is 16.1. The third-order valence-electron chi connectivity index (χ3n) is 5.21. The third-order valence-corrected chi connectivity index (χ3v) is 5.21. The number of nitrogens with zero attached hydrogens (tertiary/aromatic N) is 3. The Labute approximate surface area is 167 Å². The van der Waals surface area contributed by atoms with Crippen LogP contribution >= 0.6 is 0 Å². The summed E-state index contributed by atoms with van der Waals surface area (Å²) in [7, 11) is 1.70. The van der Waals surface area contributed by atoms with Crippen molar-refractivity contribution in [2.24, 2.45) is 16.6 Å². The van der Waals surface area contributed by atoms with E-state index in [4.69, 9.17) is 10.5 Å². The minimum atomic E-state index is 0.539. The molecule has 0 spiro atoms. The number of methoxy groups -OCH3 is 1. The van der Waals surface area contributed by atoms with Gasteiger partial charge in [0.25, 0.3) is 0 Å². The van der Waals surface area contributed by atoms with Crippen molar-refractivity contribution in [2.75, 3.05) is 33.3 Å². The number of aliphatic imine (C=N–C) groups is 1. The van der Waals surface area contributed by atoms with E-state index in [1.807, 2.05) is 36.5 Å². The van der Waals surface area contributed by atoms with Gasteiger partial charge >= 0.3 is 0 Å². The van der Waals surface area contributed by atoms with Gasteiger partial charge in [0.2, 0.25) is 0 Å². The molecule has 0 amide bonds. The molecular formula is C22H31N5O. The molecule has 0 saturated carbocycles. The third kappa shape index (κ3) is 6.53. The average molecular weight is 382 g/mol. The summed E-state index contributed by atoms with van der Waals surface area (Å²) in [4.78, 5) is 11.4. The molecule has 0 atom stereocenters. The number of benzene rings is 1. The molecule has 3 rings (SSSR count). The van der Waals surface area contributed by atoms with E-state index in [9.17, 15) is 0 Å². The topological polar surface area (TPSA) is 75.8 Å². The highest BCUT2D eigenvalue weighted by Crippen LogP contribution is 2.20. The number of aromatic nitrogens is 1. The molecule has 2 aromatic rings. The maximum Gasteiger partial charge on any atom is 0.188 e. The van der Waals surface area contributed by atoms with Crippen LogP contribution in [-0.2, 0) is 13.0 Å². The molecule has 1 aromatic carbocycles. The summed E-state index contributed by atoms with van der Waals surface area (Å²) in [5.74, 6) is 2.06. The van der Waals surface area contributed by atoms with E-state index in [1.165, 1.54) is 18.4 Å². The second-order valence-electron chi connectivity index (χ2n) is 7.29. The molecule has 28 heavy (non-hydrogen) atoms. The fourth-order valence-electron chi connectivity index (χ4n) is 3.46. The van der Waals surface area contributed by atoms with E-state index >= 15 is 0 Å². The Balaban J connectivity index is 1.33. The molecule has 0 radical (unpaired) electrons. The van der Waals surface area contributed by atoms with Crippen LogP contribution in [0.3, 0.4) is 0 Å². The molecule has 1 aliphatic heterocycles. The summed E-state index contributed by atoms with van der Waals surface area (Å²) in [6, 6.07) is 14.3. The summed E-state index contributed by atoms with van der Waals surface area (Å²) in [6.45, 7) is 4.78. The number of nitrogens with two attached hydrogens (primary N) is 1. The van der Waals surface area contributed by atoms with Crippen molar-refractivity contribution >= 4 is 5.96 Å². The van der Waals surface area contributed by atoms with Crippen molar-refractivity contribution in [2.45, 2.75) is 25.8 Å². The molecule has 1 aromatic heterocycles. The maximum atomic E-state index is 6.01. The number of rotatable bonds is 8. The standard InChI is InChI=1S/C22H31N5O/c1-28-21-7-5-19(6-8-21)17-27-14-10-18(11-15-27)16-26-22(23)25-13-9-20-4-2-3-12-24-20/h2-8,12,18H,9-11,13-17H2,1H3,(H3,23,25,26). The first-order valence-electron chi connectivity index (χ1n) is 10.0. The summed E-state index contributed by atoms with van der Waals surface area (Å²) in [5.41, 5.74) is 8.40. The predicted molar refractivity (Wildman–Crippen MR) is 113 cm³/mol. The van der Waals surface area contributed by atoms with Crippen molar-refractivity contribution < 1.29 is 4.74 Å². The van der Waals surface area contributed by atoms with Crippen molar-refractivity contribution in [3.8, 4) is 5.75 Å². The fraction of sp³-hybridized carbons (Fsp3) is 0.455. The molecule has 1 saturated heterocycles. The molecule has 0 unspecified atom stereocenters. The van der Waals surface area contributed by atoms with Crippen LogP contribution in [0.2, 0.25) is 0 Å². The van der Waals surface area contributed by atoms with E-state index in [2.05, 4.69) is 32.3 Å². The first-order valence-corrected chi connectivity index (χ1v) is 10.0. The Morgan fingerprint density at radius 1 is 1.21 bits per heavy atom. The Hall–Kier alpha value is -2.60. The molecular weight excluding hydrogens is 350 g/mol. The zero-order chi connectivity index (χ0) is 19.6. The Morgan fingerprint density at radius 3 is 2.68 bits per heavy atom. The van der Waals surface area contributed by atoms with Gasteiger partial charge in [-0.2, -0.15) is 0 Å². The second kappa shape index (κ2) is 10.7. The highest BCUT2D eigenvalue weighted by atomic mass is 16.5. The minimum Gasteiger partial charge on any atom is -0.497 e. The largest absolute Gasteiger partial charge is 0.497 e. The van der Waals surface area contributed by atoms with Crippen molar-refractivity contribution in [1.82, 2.24) is 15.2 Å². The summed E-state index contributed by atoms with van der Waals surface area (Å²) in [6.07, 6.45) is 5.00. The smallest absolute Gasteiger partial charge is 0.188 e. The van der Waals surface area contributed by atoms with E-state index < -0.39 is 0 Å². The SMILES string of the molecule is COc1ccc(CN2CCC(CN=C(N)NCCc3ccccn3)CC2)cc1. The van der Waals surface area contributed by atoms with Gasteiger partial charge < -0.3 is 15.8 Å². The summed E-state index contributed by atoms with van der Waals surface area (Å²) in [5, 5.41) is 3.19. The van der Waals surface area contributed by atoms with Crippen LogP contribution in [0.1, 0.15) is 24.1 Å². The van der Waals surface area contributed by atoms with Crippen molar-refractivity contribution in [1.29, 1.82) is 0 Å². The number of likely N-dealkylation sites (tertiary alicyclic amines) is 1. The van der Waals surface area contributed by atoms with Gasteiger partial charge in [-0.1, -0.05) is 18.2 Å². The lowest BCUT2D eigenvalue weighted by molar-refractivity contribution is 0.180. The first-order chi connectivity index (χ1) is 13.7. The highest BCUT2D eigenvalue weighted by molar-refractivity contribution is 5.77. The van der Waals surface area contributed by atoms with E-state index in [1.54, 1.807) is 7.11 Å². The van der Waals surface area contributed by atoms with Gasteiger partial charge in [0.05, 0.1) is 7.11 Å². The highest BCUT2D eigenvalue weighted by Gasteiger charge is 2.19. The van der Waals surface area contributed by atoms with E-state index in [-0.39, 0.29) is 0 Å². The van der Waals surface area contributed by atoms with Gasteiger partial charge in [-0.25, -0.2) is 0 Å². The number of piperidine rings is 1. The molecule has 0 bridgehead atoms. The van der Waals surface area contributed by atoms with Gasteiger partial charge in [-0.3, -0.25) is 14.9 Å². The molecule has 6 heteroatoms. The van der Waals surface area contributed by atoms with Crippen LogP contribution in [0, 0.1) is 5.92 Å². The van der Waals surface area contributed by atoms with Gasteiger partial charge in [-0.05, 0) is 61.7 Å². The first kappa shape index (κ1) is 20.1. The van der Waals surface area contributed by atoms with Crippen LogP contribution in [0.15, 0.2) is 53.7 Å². The minimum absolute atomic E-state index is 0.539. The van der Waals surface area contributed by atoms with Crippen molar-refractivity contribution in [3.05, 3.63) is 59.9 Å². The zero-order valence-electron chi connectivity index (χ0n) is 16.7. The van der Waals surface area contributed by atoms with Crippen LogP contribution < -0.4 is 15.8 Å². The van der Waals surface area contributed by atoms with Gasteiger partial charge in [0.15, 0.2) is 5.96 Å². The number of nitrogens with one attached hydrogen (secondary N) is 1. The lowest BCUT2D eigenvalue weighted by Gasteiger charge is -2.31. The molecule has 1 fully saturated rings. The fourth-order valence-corrected chi connectivity index (χ4v) is 3.46. The number of ether oxygens (including phenoxy) is 1. The molecule has 3 N–H and O–H groups in total. The Morgan fingerprint density at radius 2 is 2.00 bits per heavy atom. The van der Waals surface area contributed by atoms with Crippen molar-refractivity contribution in [3.63, 3.8) is 0 Å². The molecule has 150 valence electrons. The second-order valence-corrected chi connectivity index (χ2v) is 7.29. The number of pyridine rings is 1. The van der Waals surface area contributed by atoms with Gasteiger partial charge in [0, 0.05) is 37.9 Å². The lowest BCUT2D eigenvalue weighted by atomic mass is 9.96. The number of guanidine groups is 1. The summed E-state index contributed by atoms with van der Waals surface area (Å²) >= 11 is 0. The molecule has 0 aliphatic carbocycles. The number of hydrogen-bond acceptors (Lipinski definition) is 4. The van der Waals surface area contributed by atoms with Crippen LogP contribution in [0.4, 0.5) is 0 Å². The van der Waals surface area contributed by atoms with Gasteiger partial charge in [0.1, 0.15) is 5.75 Å². The monoisotopic (exact) mass is 381 g/mol. The Kier molecular flexibility index (Phi) is 7.67. The molecule has 6 nitrogen and oxygen atoms in total. The maximum absolute atomic E-state index is 6.01. The van der Waals surface area contributed by atoms with Crippen LogP contribution in [0.25, 0.3) is 0 Å². The lowest BCUT2D eigenvalue weighted by Crippen LogP contribution is -2.36. The summed E-state index contributed by atoms with van der Waals surface area (Å²) < 4.78 is 5.22. The quantitative estimate of drug-likeness (QED) is 0.543. The Bertz CT molecular complexity index is 724. The van der Waals surface area contributed by atoms with E-state index in [0.29, 0.717) is 11.9 Å². The predicted octanol–water partition coefficient (Wildman–Crippen LogP) is 2.45. The molecule has 2 heterocycles. The average Bonchev–Trinajstić information content (AvgIpc) is 2.74.